The van der Waals surface area contributed by atoms with Crippen molar-refractivity contribution in [3.8, 4) is 0 Å². The summed E-state index contributed by atoms with van der Waals surface area (Å²) in [6.45, 7) is 0. The average molecular weight is 233 g/mol. The Hall–Kier alpha value is -1.84. The largest absolute Gasteiger partial charge is 0.321 e. The number of nitrogens with two attached hydrogens (primary N) is 1. The average Bonchev–Trinajstić information content (AvgIpc) is 2.32. The first-order valence-corrected chi connectivity index (χ1v) is 4.15. The van der Waals surface area contributed by atoms with Crippen LogP contribution in [0.25, 0.3) is 0 Å². The fraction of sp³-hybridized carbons (Fsp3) is 0.429. The van der Waals surface area contributed by atoms with Gasteiger partial charge < -0.3 is 5.73 Å². The molecule has 0 aliphatic carbocycles. The Bertz CT molecular complexity index is 315. The Labute approximate surface area is 89.5 Å². The van der Waals surface area contributed by atoms with Gasteiger partial charge in [0.15, 0.2) is 0 Å². The van der Waals surface area contributed by atoms with Gasteiger partial charge in [-0.2, -0.15) is 0 Å². The van der Waals surface area contributed by atoms with Crippen LogP contribution in [0.1, 0.15) is 12.8 Å². The van der Waals surface area contributed by atoms with Crippen LogP contribution in [0.15, 0.2) is 0 Å². The highest BCUT2D eigenvalue weighted by atomic mass is 16.5. The number of rotatable bonds is 6. The van der Waals surface area contributed by atoms with E-state index in [1.165, 1.54) is 0 Å². The second-order valence-electron chi connectivity index (χ2n) is 2.81. The molecule has 0 saturated carbocycles. The van der Waals surface area contributed by atoms with Crippen molar-refractivity contribution >= 4 is 23.4 Å². The number of nitrogens with one attached hydrogen (secondary N) is 2. The minimum Gasteiger partial charge on any atom is -0.321 e. The first-order chi connectivity index (χ1) is 7.43. The van der Waals surface area contributed by atoms with Crippen molar-refractivity contribution in [1.29, 1.82) is 0 Å². The van der Waals surface area contributed by atoms with Gasteiger partial charge in [-0.25, -0.2) is 11.0 Å². The van der Waals surface area contributed by atoms with E-state index in [9.17, 15) is 19.2 Å². The maximum atomic E-state index is 11.0. The van der Waals surface area contributed by atoms with E-state index in [2.05, 4.69) is 0 Å². The summed E-state index contributed by atoms with van der Waals surface area (Å²) in [6.07, 6.45) is -0.656. The first kappa shape index (κ1) is 14.2. The number of carbonyl (C=O) groups excluding carboxylic acids is 4. The van der Waals surface area contributed by atoms with Crippen molar-refractivity contribution in [1.82, 2.24) is 11.0 Å². The fourth-order valence-corrected chi connectivity index (χ4v) is 0.817. The van der Waals surface area contributed by atoms with E-state index in [1.807, 2.05) is 0 Å². The summed E-state index contributed by atoms with van der Waals surface area (Å²) in [5, 5.41) is 16.2. The van der Waals surface area contributed by atoms with E-state index < -0.39 is 35.8 Å². The van der Waals surface area contributed by atoms with Gasteiger partial charge in [0, 0.05) is 6.42 Å². The lowest BCUT2D eigenvalue weighted by Gasteiger charge is -2.07. The predicted molar refractivity (Wildman–Crippen MR) is 47.1 cm³/mol. The zero-order chi connectivity index (χ0) is 12.7. The summed E-state index contributed by atoms with van der Waals surface area (Å²) in [5.41, 5.74) is 7.43. The third-order valence-electron chi connectivity index (χ3n) is 1.70. The Morgan fingerprint density at radius 1 is 1.06 bits per heavy atom. The number of hydroxylamine groups is 2. The molecule has 16 heavy (non-hydrogen) atoms. The third-order valence-corrected chi connectivity index (χ3v) is 1.70. The molecule has 1 atom stereocenters. The van der Waals surface area contributed by atoms with Gasteiger partial charge in [0.05, 0.1) is 6.04 Å². The standard InChI is InChI=1S/C7H11N3O6/c8-3(5(12)7(14)10-16)1-2-4(11)6(13)9-15/h3,15-16H,1-2,8H2,(H,9,13)(H,10,14). The monoisotopic (exact) mass is 233 g/mol. The van der Waals surface area contributed by atoms with Crippen molar-refractivity contribution in [2.24, 2.45) is 5.73 Å². The molecule has 9 heteroatoms. The number of carbonyl (C=O) groups is 4. The lowest BCUT2D eigenvalue weighted by atomic mass is 10.1. The highest BCUT2D eigenvalue weighted by Crippen LogP contribution is 1.97. The van der Waals surface area contributed by atoms with Crippen LogP contribution >= 0.6 is 0 Å². The second kappa shape index (κ2) is 6.61. The van der Waals surface area contributed by atoms with Gasteiger partial charge in [-0.3, -0.25) is 29.6 Å². The highest BCUT2D eigenvalue weighted by molar-refractivity contribution is 6.38. The molecule has 0 aromatic carbocycles. The summed E-state index contributed by atoms with van der Waals surface area (Å²) in [7, 11) is 0. The van der Waals surface area contributed by atoms with Crippen LogP contribution in [-0.4, -0.2) is 39.8 Å². The zero-order valence-electron chi connectivity index (χ0n) is 8.10. The number of hydrogen-bond donors (Lipinski definition) is 5. The summed E-state index contributed by atoms with van der Waals surface area (Å²) in [6, 6.07) is -1.30. The molecule has 0 fully saturated rings. The molecule has 0 aliphatic rings. The van der Waals surface area contributed by atoms with Crippen molar-refractivity contribution < 1.29 is 29.6 Å². The Kier molecular flexibility index (Phi) is 5.85. The molecule has 0 bridgehead atoms. The van der Waals surface area contributed by atoms with E-state index in [4.69, 9.17) is 16.1 Å². The van der Waals surface area contributed by atoms with E-state index >= 15 is 0 Å². The van der Waals surface area contributed by atoms with Crippen LogP contribution in [0.3, 0.4) is 0 Å². The van der Waals surface area contributed by atoms with Gasteiger partial charge in [0.2, 0.25) is 11.6 Å². The van der Waals surface area contributed by atoms with Crippen LogP contribution in [0.2, 0.25) is 0 Å². The van der Waals surface area contributed by atoms with Gasteiger partial charge in [-0.1, -0.05) is 0 Å². The van der Waals surface area contributed by atoms with Crippen molar-refractivity contribution in [3.63, 3.8) is 0 Å². The number of Topliss-reactive ketones (excluding diaryl/α,β-unsaturated/α-hetero) is 2. The summed E-state index contributed by atoms with van der Waals surface area (Å²) >= 11 is 0. The molecule has 0 spiro atoms. The molecule has 0 heterocycles. The Balaban J connectivity index is 4.12. The number of ketones is 2. The molecule has 9 nitrogen and oxygen atoms in total. The third kappa shape index (κ3) is 4.13. The Morgan fingerprint density at radius 2 is 1.56 bits per heavy atom. The van der Waals surface area contributed by atoms with Gasteiger partial charge in [-0.15, -0.1) is 0 Å². The molecule has 6 N–H and O–H groups in total. The molecule has 0 rings (SSSR count). The molecular weight excluding hydrogens is 222 g/mol. The molecular formula is C7H11N3O6. The smallest absolute Gasteiger partial charge is 0.312 e. The second-order valence-corrected chi connectivity index (χ2v) is 2.81. The minimum absolute atomic E-state index is 0.251. The van der Waals surface area contributed by atoms with Gasteiger partial charge in [-0.05, 0) is 6.42 Å². The number of amides is 2. The maximum Gasteiger partial charge on any atom is 0.312 e. The summed E-state index contributed by atoms with van der Waals surface area (Å²) < 4.78 is 0. The zero-order valence-corrected chi connectivity index (χ0v) is 8.10. The van der Waals surface area contributed by atoms with E-state index in [0.717, 1.165) is 11.0 Å². The van der Waals surface area contributed by atoms with Gasteiger partial charge in [0.1, 0.15) is 0 Å². The summed E-state index contributed by atoms with van der Waals surface area (Å²) in [4.78, 5) is 42.9. The lowest BCUT2D eigenvalue weighted by molar-refractivity contribution is -0.144. The quantitative estimate of drug-likeness (QED) is 0.189. The molecule has 2 amide bonds. The highest BCUT2D eigenvalue weighted by Gasteiger charge is 2.23. The van der Waals surface area contributed by atoms with Crippen molar-refractivity contribution in [3.05, 3.63) is 0 Å². The van der Waals surface area contributed by atoms with Crippen LogP contribution in [-0.2, 0) is 19.2 Å². The number of hydrogen-bond acceptors (Lipinski definition) is 7. The molecule has 0 radical (unpaired) electrons. The molecule has 0 saturated heterocycles. The maximum absolute atomic E-state index is 11.0. The molecule has 0 aliphatic heterocycles. The van der Waals surface area contributed by atoms with Crippen molar-refractivity contribution in [2.75, 3.05) is 0 Å². The summed E-state index contributed by atoms with van der Waals surface area (Å²) in [5.74, 6) is -4.62. The van der Waals surface area contributed by atoms with Crippen LogP contribution < -0.4 is 16.7 Å². The normalized spacial score (nSPS) is 11.4. The van der Waals surface area contributed by atoms with E-state index in [-0.39, 0.29) is 6.42 Å². The van der Waals surface area contributed by atoms with E-state index in [0.29, 0.717) is 0 Å². The molecule has 1 unspecified atom stereocenters. The van der Waals surface area contributed by atoms with Crippen LogP contribution in [0.4, 0.5) is 0 Å². The fourth-order valence-electron chi connectivity index (χ4n) is 0.817. The van der Waals surface area contributed by atoms with Gasteiger partial charge in [0.25, 0.3) is 0 Å². The lowest BCUT2D eigenvalue weighted by Crippen LogP contribution is -2.42. The van der Waals surface area contributed by atoms with Crippen LogP contribution in [0.5, 0.6) is 0 Å². The first-order valence-electron chi connectivity index (χ1n) is 4.15. The minimum atomic E-state index is -1.30. The molecule has 0 aromatic rings. The Morgan fingerprint density at radius 3 is 2.00 bits per heavy atom. The van der Waals surface area contributed by atoms with Crippen molar-refractivity contribution in [2.45, 2.75) is 18.9 Å². The SMILES string of the molecule is NC(CCC(=O)C(=O)NO)C(=O)C(=O)NO. The van der Waals surface area contributed by atoms with E-state index in [1.54, 1.807) is 0 Å². The van der Waals surface area contributed by atoms with Gasteiger partial charge >= 0.3 is 11.8 Å². The van der Waals surface area contributed by atoms with Crippen LogP contribution in [0, 0.1) is 0 Å². The topological polar surface area (TPSA) is 159 Å². The predicted octanol–water partition coefficient (Wildman–Crippen LogP) is -2.76. The molecule has 90 valence electrons. The molecule has 0 aromatic heterocycles.